The minimum Gasteiger partial charge on any atom is -0.382 e. The van der Waals surface area contributed by atoms with Crippen molar-refractivity contribution in [2.75, 3.05) is 38.2 Å². The van der Waals surface area contributed by atoms with Gasteiger partial charge in [-0.15, -0.1) is 0 Å². The fourth-order valence-electron chi connectivity index (χ4n) is 3.13. The van der Waals surface area contributed by atoms with Crippen LogP contribution < -0.4 is 5.32 Å². The van der Waals surface area contributed by atoms with Gasteiger partial charge in [-0.05, 0) is 23.8 Å². The molecule has 0 amide bonds. The molecule has 8 heteroatoms. The highest BCUT2D eigenvalue weighted by molar-refractivity contribution is 5.61. The molecule has 140 valence electrons. The number of hydrogen-bond donors (Lipinski definition) is 1. The first-order valence-electron chi connectivity index (χ1n) is 8.58. The molecule has 1 N–H and O–H groups in total. The van der Waals surface area contributed by atoms with Crippen molar-refractivity contribution < 1.29 is 14.1 Å². The van der Waals surface area contributed by atoms with Crippen molar-refractivity contribution in [3.05, 3.63) is 69.5 Å². The van der Waals surface area contributed by atoms with E-state index in [1.54, 1.807) is 12.1 Å². The Hall–Kier alpha value is -3.02. The topological polar surface area (TPSA) is 91.4 Å². The molecule has 1 saturated heterocycles. The van der Waals surface area contributed by atoms with Gasteiger partial charge >= 0.3 is 0 Å². The Balaban J connectivity index is 1.81. The summed E-state index contributed by atoms with van der Waals surface area (Å²) < 4.78 is 18.7. The summed E-state index contributed by atoms with van der Waals surface area (Å²) in [5, 5.41) is 23.4. The van der Waals surface area contributed by atoms with Crippen LogP contribution in [0.1, 0.15) is 17.2 Å². The molecule has 7 nitrogen and oxygen atoms in total. The Labute approximate surface area is 156 Å². The molecule has 1 aliphatic heterocycles. The molecule has 0 radical (unpaired) electrons. The summed E-state index contributed by atoms with van der Waals surface area (Å²) >= 11 is 0. The van der Waals surface area contributed by atoms with Gasteiger partial charge in [0.1, 0.15) is 11.9 Å². The van der Waals surface area contributed by atoms with Gasteiger partial charge in [-0.1, -0.05) is 12.1 Å². The van der Waals surface area contributed by atoms with Gasteiger partial charge < -0.3 is 10.1 Å². The van der Waals surface area contributed by atoms with Gasteiger partial charge in [0.25, 0.3) is 5.69 Å². The van der Waals surface area contributed by atoms with Crippen LogP contribution in [0, 0.1) is 27.3 Å². The molecule has 1 unspecified atom stereocenters. The molecule has 1 atom stereocenters. The normalized spacial score (nSPS) is 15.7. The molecule has 0 bridgehead atoms. The largest absolute Gasteiger partial charge is 0.382 e. The van der Waals surface area contributed by atoms with Crippen molar-refractivity contribution in [1.82, 2.24) is 4.90 Å². The van der Waals surface area contributed by atoms with Crippen molar-refractivity contribution in [3.63, 3.8) is 0 Å². The van der Waals surface area contributed by atoms with E-state index in [-0.39, 0.29) is 23.1 Å². The second kappa shape index (κ2) is 8.58. The molecule has 27 heavy (non-hydrogen) atoms. The average Bonchev–Trinajstić information content (AvgIpc) is 2.70. The van der Waals surface area contributed by atoms with Crippen molar-refractivity contribution in [2.45, 2.75) is 6.04 Å². The number of halogens is 1. The Morgan fingerprint density at radius 3 is 2.59 bits per heavy atom. The van der Waals surface area contributed by atoms with Crippen LogP contribution in [0.4, 0.5) is 15.8 Å². The average molecular weight is 370 g/mol. The fourth-order valence-corrected chi connectivity index (χ4v) is 3.13. The maximum Gasteiger partial charge on any atom is 0.270 e. The van der Waals surface area contributed by atoms with E-state index in [0.29, 0.717) is 25.4 Å². The number of nitriles is 1. The van der Waals surface area contributed by atoms with Crippen molar-refractivity contribution in [3.8, 4) is 6.07 Å². The lowest BCUT2D eigenvalue weighted by atomic mass is 10.0. The summed E-state index contributed by atoms with van der Waals surface area (Å²) in [5.74, 6) is -0.297. The van der Waals surface area contributed by atoms with Crippen LogP contribution in [0.25, 0.3) is 0 Å². The van der Waals surface area contributed by atoms with E-state index in [9.17, 15) is 19.8 Å². The number of ether oxygens (including phenoxy) is 1. The van der Waals surface area contributed by atoms with Crippen molar-refractivity contribution in [2.24, 2.45) is 0 Å². The standard InChI is InChI=1S/C19H19FN4O3/c20-16-3-1-14(2-4-16)19(23-7-9-27-10-8-23)13-22-18-6-5-17(24(25)26)11-15(18)12-21/h1-6,11,19,22H,7-10,13H2. The molecule has 0 spiro atoms. The maximum atomic E-state index is 13.3. The van der Waals surface area contributed by atoms with Gasteiger partial charge in [0, 0.05) is 31.8 Å². The summed E-state index contributed by atoms with van der Waals surface area (Å²) in [4.78, 5) is 12.6. The first-order chi connectivity index (χ1) is 13.1. The van der Waals surface area contributed by atoms with Crippen LogP contribution in [-0.4, -0.2) is 42.7 Å². The number of non-ortho nitro benzene ring substituents is 1. The van der Waals surface area contributed by atoms with Gasteiger partial charge in [0.05, 0.1) is 35.4 Å². The maximum absolute atomic E-state index is 13.3. The fraction of sp³-hybridized carbons (Fsp3) is 0.316. The third kappa shape index (κ3) is 4.58. The third-order valence-corrected chi connectivity index (χ3v) is 4.56. The number of nitro groups is 1. The molecule has 2 aromatic carbocycles. The highest BCUT2D eigenvalue weighted by Gasteiger charge is 2.23. The molecule has 0 saturated carbocycles. The highest BCUT2D eigenvalue weighted by Crippen LogP contribution is 2.26. The number of benzene rings is 2. The van der Waals surface area contributed by atoms with Crippen LogP contribution in [0.2, 0.25) is 0 Å². The van der Waals surface area contributed by atoms with E-state index in [1.807, 2.05) is 6.07 Å². The first-order valence-corrected chi connectivity index (χ1v) is 8.58. The molecule has 1 heterocycles. The first kappa shape index (κ1) is 18.8. The molecule has 1 fully saturated rings. The van der Waals surface area contributed by atoms with Gasteiger partial charge in [-0.3, -0.25) is 15.0 Å². The molecule has 0 aliphatic carbocycles. The zero-order chi connectivity index (χ0) is 19.2. The molecular weight excluding hydrogens is 351 g/mol. The van der Waals surface area contributed by atoms with E-state index in [2.05, 4.69) is 10.2 Å². The quantitative estimate of drug-likeness (QED) is 0.621. The Morgan fingerprint density at radius 2 is 1.96 bits per heavy atom. The number of anilines is 1. The zero-order valence-corrected chi connectivity index (χ0v) is 14.6. The second-order valence-corrected chi connectivity index (χ2v) is 6.20. The molecule has 2 aromatic rings. The predicted octanol–water partition coefficient (Wildman–Crippen LogP) is 3.09. The summed E-state index contributed by atoms with van der Waals surface area (Å²) in [5.41, 5.74) is 1.57. The Kier molecular flexibility index (Phi) is 5.96. The minimum absolute atomic E-state index is 0.0452. The monoisotopic (exact) mass is 370 g/mol. The number of morpholine rings is 1. The van der Waals surface area contributed by atoms with Gasteiger partial charge in [0.2, 0.25) is 0 Å². The van der Waals surface area contributed by atoms with E-state index in [4.69, 9.17) is 4.74 Å². The zero-order valence-electron chi connectivity index (χ0n) is 14.6. The summed E-state index contributed by atoms with van der Waals surface area (Å²) in [6.07, 6.45) is 0. The number of nitro benzene ring substituents is 1. The van der Waals surface area contributed by atoms with Crippen molar-refractivity contribution in [1.29, 1.82) is 5.26 Å². The summed E-state index contributed by atoms with van der Waals surface area (Å²) in [6, 6.07) is 12.5. The Bertz CT molecular complexity index is 845. The van der Waals surface area contributed by atoms with Crippen molar-refractivity contribution >= 4 is 11.4 Å². The van der Waals surface area contributed by atoms with Crippen LogP contribution in [0.5, 0.6) is 0 Å². The van der Waals surface area contributed by atoms with Crippen LogP contribution in [0.15, 0.2) is 42.5 Å². The molecular formula is C19H19FN4O3. The van der Waals surface area contributed by atoms with E-state index < -0.39 is 4.92 Å². The highest BCUT2D eigenvalue weighted by atomic mass is 19.1. The molecule has 1 aliphatic rings. The summed E-state index contributed by atoms with van der Waals surface area (Å²) in [7, 11) is 0. The van der Waals surface area contributed by atoms with E-state index in [1.165, 1.54) is 30.3 Å². The number of rotatable bonds is 6. The number of nitrogens with one attached hydrogen (secondary N) is 1. The Morgan fingerprint density at radius 1 is 1.26 bits per heavy atom. The SMILES string of the molecule is N#Cc1cc([N+](=O)[O-])ccc1NCC(c1ccc(F)cc1)N1CCOCC1. The summed E-state index contributed by atoms with van der Waals surface area (Å²) in [6.45, 7) is 3.21. The van der Waals surface area contributed by atoms with Gasteiger partial charge in [-0.25, -0.2) is 4.39 Å². The lowest BCUT2D eigenvalue weighted by Crippen LogP contribution is -2.41. The van der Waals surface area contributed by atoms with E-state index >= 15 is 0 Å². The number of hydrogen-bond acceptors (Lipinski definition) is 6. The molecule has 0 aromatic heterocycles. The van der Waals surface area contributed by atoms with Crippen LogP contribution in [-0.2, 0) is 4.74 Å². The smallest absolute Gasteiger partial charge is 0.270 e. The lowest BCUT2D eigenvalue weighted by molar-refractivity contribution is -0.384. The molecule has 3 rings (SSSR count). The third-order valence-electron chi connectivity index (χ3n) is 4.56. The van der Waals surface area contributed by atoms with Crippen LogP contribution in [0.3, 0.4) is 0 Å². The second-order valence-electron chi connectivity index (χ2n) is 6.20. The predicted molar refractivity (Wildman–Crippen MR) is 97.8 cm³/mol. The van der Waals surface area contributed by atoms with E-state index in [0.717, 1.165) is 18.7 Å². The minimum atomic E-state index is -0.528. The van der Waals surface area contributed by atoms with Gasteiger partial charge in [0.15, 0.2) is 0 Å². The van der Waals surface area contributed by atoms with Crippen LogP contribution >= 0.6 is 0 Å². The number of nitrogens with zero attached hydrogens (tertiary/aromatic N) is 3. The lowest BCUT2D eigenvalue weighted by Gasteiger charge is -2.35. The van der Waals surface area contributed by atoms with Gasteiger partial charge in [-0.2, -0.15) is 5.26 Å².